The first-order valence-electron chi connectivity index (χ1n) is 9.19. The van der Waals surface area contributed by atoms with Gasteiger partial charge in [-0.2, -0.15) is 13.2 Å². The van der Waals surface area contributed by atoms with E-state index in [0.717, 1.165) is 24.1 Å². The van der Waals surface area contributed by atoms with Crippen molar-refractivity contribution in [3.05, 3.63) is 65.2 Å². The van der Waals surface area contributed by atoms with Crippen LogP contribution in [0.4, 0.5) is 13.2 Å². The van der Waals surface area contributed by atoms with Gasteiger partial charge in [-0.1, -0.05) is 24.3 Å². The SMILES string of the molecule is CCOc1cccc(C(c2ccc(C(F)(F)F)cc2)N2CCCC2C(=O)O)c1. The summed E-state index contributed by atoms with van der Waals surface area (Å²) in [5.41, 5.74) is 0.683. The number of hydrogen-bond acceptors (Lipinski definition) is 3. The van der Waals surface area contributed by atoms with Crippen molar-refractivity contribution in [2.45, 2.75) is 38.0 Å². The number of carboxylic acids is 1. The number of carbonyl (C=O) groups is 1. The largest absolute Gasteiger partial charge is 0.494 e. The van der Waals surface area contributed by atoms with Gasteiger partial charge in [-0.25, -0.2) is 0 Å². The van der Waals surface area contributed by atoms with E-state index in [1.54, 1.807) is 6.07 Å². The fourth-order valence-corrected chi connectivity index (χ4v) is 3.73. The van der Waals surface area contributed by atoms with Gasteiger partial charge in [0.05, 0.1) is 18.2 Å². The summed E-state index contributed by atoms with van der Waals surface area (Å²) in [6.45, 7) is 2.90. The van der Waals surface area contributed by atoms with E-state index < -0.39 is 29.8 Å². The Kier molecular flexibility index (Phi) is 5.93. The van der Waals surface area contributed by atoms with Crippen LogP contribution in [0.1, 0.15) is 42.5 Å². The molecular weight excluding hydrogens is 371 g/mol. The van der Waals surface area contributed by atoms with Crippen LogP contribution < -0.4 is 4.74 Å². The molecule has 1 N–H and O–H groups in total. The summed E-state index contributed by atoms with van der Waals surface area (Å²) in [6.07, 6.45) is -3.18. The predicted molar refractivity (Wildman–Crippen MR) is 98.3 cm³/mol. The number of likely N-dealkylation sites (tertiary alicyclic amines) is 1. The molecule has 1 fully saturated rings. The molecule has 7 heteroatoms. The van der Waals surface area contributed by atoms with Crippen molar-refractivity contribution >= 4 is 5.97 Å². The molecule has 2 unspecified atom stereocenters. The van der Waals surface area contributed by atoms with E-state index in [-0.39, 0.29) is 0 Å². The molecule has 0 amide bonds. The summed E-state index contributed by atoms with van der Waals surface area (Å²) in [5.74, 6) is -0.279. The van der Waals surface area contributed by atoms with E-state index in [1.165, 1.54) is 12.1 Å². The van der Waals surface area contributed by atoms with Crippen LogP contribution in [-0.2, 0) is 11.0 Å². The molecule has 1 heterocycles. The molecule has 28 heavy (non-hydrogen) atoms. The van der Waals surface area contributed by atoms with Crippen LogP contribution in [0.3, 0.4) is 0 Å². The third-order valence-electron chi connectivity index (χ3n) is 4.95. The van der Waals surface area contributed by atoms with Gasteiger partial charge in [-0.3, -0.25) is 9.69 Å². The summed E-state index contributed by atoms with van der Waals surface area (Å²) >= 11 is 0. The first-order chi connectivity index (χ1) is 13.3. The number of rotatable bonds is 6. The molecule has 2 aromatic carbocycles. The minimum atomic E-state index is -4.42. The number of halogens is 3. The Balaban J connectivity index is 2.04. The molecule has 3 rings (SSSR count). The van der Waals surface area contributed by atoms with Gasteiger partial charge in [-0.15, -0.1) is 0 Å². The average molecular weight is 393 g/mol. The van der Waals surface area contributed by atoms with Gasteiger partial charge in [0.25, 0.3) is 0 Å². The fourth-order valence-electron chi connectivity index (χ4n) is 3.73. The van der Waals surface area contributed by atoms with Crippen molar-refractivity contribution in [1.29, 1.82) is 0 Å². The first kappa shape index (κ1) is 20.2. The quantitative estimate of drug-likeness (QED) is 0.770. The average Bonchev–Trinajstić information content (AvgIpc) is 3.12. The normalized spacial score (nSPS) is 18.8. The minimum absolute atomic E-state index is 0.466. The van der Waals surface area contributed by atoms with E-state index >= 15 is 0 Å². The van der Waals surface area contributed by atoms with Crippen molar-refractivity contribution in [1.82, 2.24) is 4.90 Å². The molecule has 2 atom stereocenters. The summed E-state index contributed by atoms with van der Waals surface area (Å²) < 4.78 is 44.4. The molecule has 2 aromatic rings. The lowest BCUT2D eigenvalue weighted by Crippen LogP contribution is -2.39. The molecule has 0 bridgehead atoms. The first-order valence-corrected chi connectivity index (χ1v) is 9.19. The highest BCUT2D eigenvalue weighted by molar-refractivity contribution is 5.74. The van der Waals surface area contributed by atoms with Crippen LogP contribution >= 0.6 is 0 Å². The summed E-state index contributed by atoms with van der Waals surface area (Å²) in [7, 11) is 0. The van der Waals surface area contributed by atoms with Crippen LogP contribution in [-0.4, -0.2) is 35.2 Å². The maximum atomic E-state index is 12.9. The molecule has 0 saturated carbocycles. The molecule has 150 valence electrons. The second-order valence-electron chi connectivity index (χ2n) is 6.76. The van der Waals surface area contributed by atoms with E-state index in [1.807, 2.05) is 30.0 Å². The zero-order valence-corrected chi connectivity index (χ0v) is 15.4. The predicted octanol–water partition coefficient (Wildman–Crippen LogP) is 4.74. The lowest BCUT2D eigenvalue weighted by Gasteiger charge is -2.32. The third-order valence-corrected chi connectivity index (χ3v) is 4.95. The van der Waals surface area contributed by atoms with Crippen molar-refractivity contribution < 1.29 is 27.8 Å². The second kappa shape index (κ2) is 8.22. The van der Waals surface area contributed by atoms with Crippen molar-refractivity contribution in [2.75, 3.05) is 13.2 Å². The highest BCUT2D eigenvalue weighted by Gasteiger charge is 2.37. The third kappa shape index (κ3) is 4.30. The van der Waals surface area contributed by atoms with Gasteiger partial charge in [0.2, 0.25) is 0 Å². The Morgan fingerprint density at radius 2 is 1.93 bits per heavy atom. The summed E-state index contributed by atoms with van der Waals surface area (Å²) in [4.78, 5) is 13.6. The smallest absolute Gasteiger partial charge is 0.416 e. The van der Waals surface area contributed by atoms with Crippen LogP contribution in [0.2, 0.25) is 0 Å². The Morgan fingerprint density at radius 3 is 2.54 bits per heavy atom. The zero-order chi connectivity index (χ0) is 20.3. The zero-order valence-electron chi connectivity index (χ0n) is 15.4. The fraction of sp³-hybridized carbons (Fsp3) is 0.381. The number of benzene rings is 2. The number of carboxylic acid groups (broad SMARTS) is 1. The van der Waals surface area contributed by atoms with Crippen molar-refractivity contribution in [3.63, 3.8) is 0 Å². The Hall–Kier alpha value is -2.54. The van der Waals surface area contributed by atoms with E-state index in [4.69, 9.17) is 4.74 Å². The van der Waals surface area contributed by atoms with Gasteiger partial charge in [0, 0.05) is 6.54 Å². The van der Waals surface area contributed by atoms with Gasteiger partial charge in [0.15, 0.2) is 0 Å². The Bertz CT molecular complexity index is 820. The summed E-state index contributed by atoms with van der Waals surface area (Å²) in [5, 5.41) is 9.60. The number of aliphatic carboxylic acids is 1. The van der Waals surface area contributed by atoms with Crippen LogP contribution in [0.5, 0.6) is 5.75 Å². The lowest BCUT2D eigenvalue weighted by molar-refractivity contribution is -0.142. The monoisotopic (exact) mass is 393 g/mol. The van der Waals surface area contributed by atoms with Crippen molar-refractivity contribution in [2.24, 2.45) is 0 Å². The van der Waals surface area contributed by atoms with Gasteiger partial charge in [0.1, 0.15) is 11.8 Å². The molecule has 0 radical (unpaired) electrons. The molecular formula is C21H22F3NO3. The number of ether oxygens (including phenoxy) is 1. The number of alkyl halides is 3. The molecule has 0 aromatic heterocycles. The summed E-state index contributed by atoms with van der Waals surface area (Å²) in [6, 6.07) is 11.1. The molecule has 1 aliphatic heterocycles. The minimum Gasteiger partial charge on any atom is -0.494 e. The van der Waals surface area contributed by atoms with E-state index in [9.17, 15) is 23.1 Å². The van der Waals surface area contributed by atoms with Gasteiger partial charge in [-0.05, 0) is 55.2 Å². The molecule has 1 aliphatic rings. The van der Waals surface area contributed by atoms with Crippen LogP contribution in [0.15, 0.2) is 48.5 Å². The van der Waals surface area contributed by atoms with E-state index in [2.05, 4.69) is 0 Å². The van der Waals surface area contributed by atoms with Crippen molar-refractivity contribution in [3.8, 4) is 5.75 Å². The van der Waals surface area contributed by atoms with Gasteiger partial charge >= 0.3 is 12.1 Å². The number of hydrogen-bond donors (Lipinski definition) is 1. The molecule has 0 aliphatic carbocycles. The Morgan fingerprint density at radius 1 is 1.21 bits per heavy atom. The Labute approximate surface area is 161 Å². The van der Waals surface area contributed by atoms with Crippen LogP contribution in [0.25, 0.3) is 0 Å². The number of nitrogens with zero attached hydrogens (tertiary/aromatic N) is 1. The standard InChI is InChI=1S/C21H22F3NO3/c1-2-28-17-6-3-5-15(13-17)19(25-12-4-7-18(25)20(26)27)14-8-10-16(11-9-14)21(22,23)24/h3,5-6,8-11,13,18-19H,2,4,7,12H2,1H3,(H,26,27). The van der Waals surface area contributed by atoms with Crippen LogP contribution in [0, 0.1) is 0 Å². The highest BCUT2D eigenvalue weighted by atomic mass is 19.4. The van der Waals surface area contributed by atoms with E-state index in [0.29, 0.717) is 30.9 Å². The highest BCUT2D eigenvalue weighted by Crippen LogP contribution is 2.37. The second-order valence-corrected chi connectivity index (χ2v) is 6.76. The topological polar surface area (TPSA) is 49.8 Å². The molecule has 0 spiro atoms. The maximum absolute atomic E-state index is 12.9. The maximum Gasteiger partial charge on any atom is 0.416 e. The lowest BCUT2D eigenvalue weighted by atomic mass is 9.95. The molecule has 4 nitrogen and oxygen atoms in total. The van der Waals surface area contributed by atoms with Gasteiger partial charge < -0.3 is 9.84 Å². The molecule has 1 saturated heterocycles.